The molecule has 4 heteroatoms. The lowest BCUT2D eigenvalue weighted by Crippen LogP contribution is -2.26. The van der Waals surface area contributed by atoms with Crippen LogP contribution in [-0.2, 0) is 14.3 Å². The number of rotatable bonds is 8. The number of carboxylic acids is 1. The molecule has 0 heterocycles. The van der Waals surface area contributed by atoms with Crippen molar-refractivity contribution >= 4 is 11.9 Å². The number of ether oxygens (including phenoxy) is 1. The molecule has 0 aromatic carbocycles. The van der Waals surface area contributed by atoms with Crippen LogP contribution in [0.25, 0.3) is 0 Å². The van der Waals surface area contributed by atoms with Gasteiger partial charge in [-0.1, -0.05) is 32.8 Å². The Morgan fingerprint density at radius 3 is 2.53 bits per heavy atom. The smallest absolute Gasteiger partial charge is 0.345 e. The van der Waals surface area contributed by atoms with Crippen molar-refractivity contribution in [2.45, 2.75) is 45.1 Å². The predicted molar refractivity (Wildman–Crippen MR) is 56.5 cm³/mol. The molecular formula is C11H18O4. The van der Waals surface area contributed by atoms with Crippen molar-refractivity contribution in [3.63, 3.8) is 0 Å². The highest BCUT2D eigenvalue weighted by molar-refractivity contribution is 5.84. The van der Waals surface area contributed by atoms with Gasteiger partial charge in [-0.15, -0.1) is 0 Å². The van der Waals surface area contributed by atoms with E-state index < -0.39 is 18.0 Å². The Labute approximate surface area is 89.9 Å². The highest BCUT2D eigenvalue weighted by Gasteiger charge is 2.20. The first-order valence-corrected chi connectivity index (χ1v) is 5.17. The van der Waals surface area contributed by atoms with Gasteiger partial charge in [0.05, 0.1) is 0 Å². The van der Waals surface area contributed by atoms with E-state index in [4.69, 9.17) is 5.11 Å². The Morgan fingerprint density at radius 2 is 2.07 bits per heavy atom. The van der Waals surface area contributed by atoms with Crippen LogP contribution in [0.5, 0.6) is 0 Å². The van der Waals surface area contributed by atoms with Crippen molar-refractivity contribution in [3.8, 4) is 0 Å². The van der Waals surface area contributed by atoms with Gasteiger partial charge in [0.2, 0.25) is 0 Å². The second-order valence-corrected chi connectivity index (χ2v) is 3.32. The van der Waals surface area contributed by atoms with Crippen molar-refractivity contribution in [3.05, 3.63) is 12.7 Å². The summed E-state index contributed by atoms with van der Waals surface area (Å²) in [5.41, 5.74) is 0. The van der Waals surface area contributed by atoms with Gasteiger partial charge in [0, 0.05) is 6.08 Å². The molecule has 86 valence electrons. The maximum Gasteiger partial charge on any atom is 0.345 e. The minimum Gasteiger partial charge on any atom is -0.479 e. The van der Waals surface area contributed by atoms with E-state index in [1.807, 2.05) is 0 Å². The molecule has 0 saturated heterocycles. The van der Waals surface area contributed by atoms with Crippen LogP contribution in [0.2, 0.25) is 0 Å². The third kappa shape index (κ3) is 6.71. The summed E-state index contributed by atoms with van der Waals surface area (Å²) in [4.78, 5) is 21.5. The number of carbonyl (C=O) groups is 2. The maximum atomic E-state index is 10.8. The van der Waals surface area contributed by atoms with Gasteiger partial charge in [0.15, 0.2) is 6.10 Å². The van der Waals surface area contributed by atoms with Crippen molar-refractivity contribution in [1.82, 2.24) is 0 Å². The van der Waals surface area contributed by atoms with Gasteiger partial charge >= 0.3 is 11.9 Å². The van der Waals surface area contributed by atoms with Crippen molar-refractivity contribution < 1.29 is 19.4 Å². The van der Waals surface area contributed by atoms with E-state index in [9.17, 15) is 9.59 Å². The molecular weight excluding hydrogens is 196 g/mol. The fourth-order valence-corrected chi connectivity index (χ4v) is 1.18. The van der Waals surface area contributed by atoms with Crippen LogP contribution in [0.4, 0.5) is 0 Å². The first-order chi connectivity index (χ1) is 7.11. The van der Waals surface area contributed by atoms with E-state index in [2.05, 4.69) is 18.2 Å². The van der Waals surface area contributed by atoms with Crippen LogP contribution in [-0.4, -0.2) is 23.1 Å². The lowest BCUT2D eigenvalue weighted by atomic mass is 10.1. The van der Waals surface area contributed by atoms with Crippen LogP contribution in [0.3, 0.4) is 0 Å². The Hall–Kier alpha value is -1.32. The summed E-state index contributed by atoms with van der Waals surface area (Å²) in [6.07, 6.45) is 4.19. The summed E-state index contributed by atoms with van der Waals surface area (Å²) in [6, 6.07) is 0. The molecule has 0 radical (unpaired) electrons. The molecule has 1 N–H and O–H groups in total. The van der Waals surface area contributed by atoms with Crippen LogP contribution in [0, 0.1) is 0 Å². The zero-order valence-corrected chi connectivity index (χ0v) is 9.07. The molecule has 0 aliphatic heterocycles. The number of hydrogen-bond acceptors (Lipinski definition) is 3. The molecule has 4 nitrogen and oxygen atoms in total. The van der Waals surface area contributed by atoms with E-state index in [1.54, 1.807) is 0 Å². The van der Waals surface area contributed by atoms with Gasteiger partial charge in [-0.2, -0.15) is 0 Å². The molecule has 0 spiro atoms. The fraction of sp³-hybridized carbons (Fsp3) is 0.636. The molecule has 15 heavy (non-hydrogen) atoms. The van der Waals surface area contributed by atoms with Gasteiger partial charge in [-0.25, -0.2) is 9.59 Å². The molecule has 0 aromatic rings. The second kappa shape index (κ2) is 8.03. The zero-order chi connectivity index (χ0) is 11.7. The van der Waals surface area contributed by atoms with Gasteiger partial charge < -0.3 is 9.84 Å². The number of hydrogen-bond donors (Lipinski definition) is 1. The lowest BCUT2D eigenvalue weighted by molar-refractivity contribution is -0.161. The number of carboxylic acid groups (broad SMARTS) is 1. The fourth-order valence-electron chi connectivity index (χ4n) is 1.18. The molecule has 0 fully saturated rings. The minimum atomic E-state index is -1.10. The van der Waals surface area contributed by atoms with E-state index in [-0.39, 0.29) is 0 Å². The van der Waals surface area contributed by atoms with Crippen molar-refractivity contribution in [2.24, 2.45) is 0 Å². The van der Waals surface area contributed by atoms with Crippen LogP contribution in [0.15, 0.2) is 12.7 Å². The van der Waals surface area contributed by atoms with Crippen LogP contribution >= 0.6 is 0 Å². The molecule has 0 aliphatic rings. The van der Waals surface area contributed by atoms with Gasteiger partial charge in [0.25, 0.3) is 0 Å². The van der Waals surface area contributed by atoms with Crippen molar-refractivity contribution in [1.29, 1.82) is 0 Å². The molecule has 0 rings (SSSR count). The third-order valence-electron chi connectivity index (χ3n) is 2.02. The van der Waals surface area contributed by atoms with E-state index in [0.717, 1.165) is 31.8 Å². The molecule has 0 bridgehead atoms. The quantitative estimate of drug-likeness (QED) is 0.382. The topological polar surface area (TPSA) is 63.6 Å². The monoisotopic (exact) mass is 214 g/mol. The third-order valence-corrected chi connectivity index (χ3v) is 2.02. The summed E-state index contributed by atoms with van der Waals surface area (Å²) in [5.74, 6) is -1.78. The Bertz CT molecular complexity index is 223. The van der Waals surface area contributed by atoms with Crippen molar-refractivity contribution in [2.75, 3.05) is 0 Å². The van der Waals surface area contributed by atoms with Crippen LogP contribution < -0.4 is 0 Å². The Kier molecular flexibility index (Phi) is 7.32. The zero-order valence-electron chi connectivity index (χ0n) is 9.07. The second-order valence-electron chi connectivity index (χ2n) is 3.32. The summed E-state index contributed by atoms with van der Waals surface area (Å²) in [7, 11) is 0. The highest BCUT2D eigenvalue weighted by Crippen LogP contribution is 2.09. The first kappa shape index (κ1) is 13.7. The van der Waals surface area contributed by atoms with Gasteiger partial charge in [-0.3, -0.25) is 0 Å². The number of unbranched alkanes of at least 4 members (excludes halogenated alkanes) is 3. The number of carbonyl (C=O) groups excluding carboxylic acids is 1. The molecule has 0 amide bonds. The average molecular weight is 214 g/mol. The summed E-state index contributed by atoms with van der Waals surface area (Å²) >= 11 is 0. The normalized spacial score (nSPS) is 11.8. The molecule has 1 atom stereocenters. The lowest BCUT2D eigenvalue weighted by Gasteiger charge is -2.11. The van der Waals surface area contributed by atoms with Gasteiger partial charge in [-0.05, 0) is 12.8 Å². The maximum absolute atomic E-state index is 10.8. The Morgan fingerprint density at radius 1 is 1.40 bits per heavy atom. The minimum absolute atomic E-state index is 0.370. The molecule has 0 aliphatic carbocycles. The average Bonchev–Trinajstić information content (AvgIpc) is 2.21. The molecule has 1 unspecified atom stereocenters. The summed E-state index contributed by atoms with van der Waals surface area (Å²) < 4.78 is 4.68. The predicted octanol–water partition coefficient (Wildman–Crippen LogP) is 2.14. The molecule has 0 saturated carbocycles. The highest BCUT2D eigenvalue weighted by atomic mass is 16.6. The van der Waals surface area contributed by atoms with E-state index in [1.165, 1.54) is 0 Å². The molecule has 0 aromatic heterocycles. The summed E-state index contributed by atoms with van der Waals surface area (Å²) in [5, 5.41) is 8.76. The standard InChI is InChI=1S/C11H18O4/c1-3-5-6-7-8-9(11(13)14)15-10(12)4-2/h4,9H,2-3,5-8H2,1H3,(H,13,14). The van der Waals surface area contributed by atoms with Gasteiger partial charge in [0.1, 0.15) is 0 Å². The number of esters is 1. The first-order valence-electron chi connectivity index (χ1n) is 5.17. The van der Waals surface area contributed by atoms with E-state index >= 15 is 0 Å². The SMILES string of the molecule is C=CC(=O)OC(CCCCCC)C(=O)O. The summed E-state index contributed by atoms with van der Waals surface area (Å²) in [6.45, 7) is 5.29. The largest absolute Gasteiger partial charge is 0.479 e. The van der Waals surface area contributed by atoms with Crippen LogP contribution in [0.1, 0.15) is 39.0 Å². The Balaban J connectivity index is 3.89. The number of aliphatic carboxylic acids is 1. The van der Waals surface area contributed by atoms with E-state index in [0.29, 0.717) is 6.42 Å².